The van der Waals surface area contributed by atoms with Gasteiger partial charge in [0, 0.05) is 13.1 Å². The molecule has 1 aliphatic rings. The van der Waals surface area contributed by atoms with Crippen molar-refractivity contribution < 1.29 is 8.42 Å². The first-order valence-corrected chi connectivity index (χ1v) is 9.67. The first-order valence-electron chi connectivity index (χ1n) is 7.30. The quantitative estimate of drug-likeness (QED) is 0.688. The van der Waals surface area contributed by atoms with E-state index in [9.17, 15) is 8.42 Å². The summed E-state index contributed by atoms with van der Waals surface area (Å²) >= 11 is 1.30. The van der Waals surface area contributed by atoms with Crippen LogP contribution in [0.2, 0.25) is 0 Å². The summed E-state index contributed by atoms with van der Waals surface area (Å²) < 4.78 is 27.6. The molecule has 1 aromatic rings. The maximum Gasteiger partial charge on any atom is 0.250 e. The van der Waals surface area contributed by atoms with Crippen LogP contribution in [-0.4, -0.2) is 21.5 Å². The molecule has 2 N–H and O–H groups in total. The van der Waals surface area contributed by atoms with E-state index in [4.69, 9.17) is 0 Å². The van der Waals surface area contributed by atoms with Crippen LogP contribution in [0.15, 0.2) is 15.7 Å². The zero-order chi connectivity index (χ0) is 14.6. The molecule has 6 heteroatoms. The van der Waals surface area contributed by atoms with Gasteiger partial charge in [-0.1, -0.05) is 13.8 Å². The SMILES string of the molecule is CCCNCc1csc(S(=O)(=O)NCC(C)C2CC2)c1. The fourth-order valence-corrected chi connectivity index (χ4v) is 4.54. The van der Waals surface area contributed by atoms with E-state index in [-0.39, 0.29) is 0 Å². The van der Waals surface area contributed by atoms with E-state index < -0.39 is 10.0 Å². The summed E-state index contributed by atoms with van der Waals surface area (Å²) in [5, 5.41) is 5.20. The summed E-state index contributed by atoms with van der Waals surface area (Å²) in [6.45, 7) is 6.47. The largest absolute Gasteiger partial charge is 0.313 e. The molecule has 0 aromatic carbocycles. The summed E-state index contributed by atoms with van der Waals surface area (Å²) in [6.07, 6.45) is 3.57. The van der Waals surface area contributed by atoms with E-state index in [1.54, 1.807) is 6.07 Å². The average molecular weight is 316 g/mol. The average Bonchev–Trinajstić information content (AvgIpc) is 3.15. The van der Waals surface area contributed by atoms with Gasteiger partial charge >= 0.3 is 0 Å². The van der Waals surface area contributed by atoms with E-state index in [1.807, 2.05) is 5.38 Å². The molecular weight excluding hydrogens is 292 g/mol. The molecule has 4 nitrogen and oxygen atoms in total. The molecule has 1 unspecified atom stereocenters. The molecule has 0 saturated heterocycles. The van der Waals surface area contributed by atoms with Crippen LogP contribution in [-0.2, 0) is 16.6 Å². The van der Waals surface area contributed by atoms with Crippen LogP contribution in [0, 0.1) is 11.8 Å². The topological polar surface area (TPSA) is 58.2 Å². The number of hydrogen-bond acceptors (Lipinski definition) is 4. The Hall–Kier alpha value is -0.430. The summed E-state index contributed by atoms with van der Waals surface area (Å²) in [5.74, 6) is 1.16. The van der Waals surface area contributed by atoms with Crippen LogP contribution in [0.3, 0.4) is 0 Å². The van der Waals surface area contributed by atoms with E-state index in [2.05, 4.69) is 23.9 Å². The first kappa shape index (κ1) is 15.9. The van der Waals surface area contributed by atoms with Crippen molar-refractivity contribution >= 4 is 21.4 Å². The van der Waals surface area contributed by atoms with Crippen molar-refractivity contribution in [1.29, 1.82) is 0 Å². The normalized spacial score (nSPS) is 17.3. The number of thiophene rings is 1. The minimum Gasteiger partial charge on any atom is -0.313 e. The Bertz CT molecular complexity index is 521. The summed E-state index contributed by atoms with van der Waals surface area (Å²) in [4.78, 5) is 0. The second-order valence-electron chi connectivity index (χ2n) is 5.62. The second kappa shape index (κ2) is 7.02. The lowest BCUT2D eigenvalue weighted by Gasteiger charge is -2.10. The van der Waals surface area contributed by atoms with Crippen LogP contribution >= 0.6 is 11.3 Å². The standard InChI is InChI=1S/C14H24N2O2S2/c1-3-6-15-9-12-7-14(19-10-12)20(17,18)16-8-11(2)13-4-5-13/h7,10-11,13,15-16H,3-6,8-9H2,1-2H3. The molecule has 1 heterocycles. The van der Waals surface area contributed by atoms with Crippen molar-refractivity contribution in [3.8, 4) is 0 Å². The lowest BCUT2D eigenvalue weighted by atomic mass is 10.1. The first-order chi connectivity index (χ1) is 9.53. The molecule has 0 spiro atoms. The Morgan fingerprint density at radius 2 is 2.20 bits per heavy atom. The lowest BCUT2D eigenvalue weighted by Crippen LogP contribution is -2.28. The van der Waals surface area contributed by atoms with Gasteiger partial charge in [-0.3, -0.25) is 0 Å². The molecule has 1 aliphatic carbocycles. The highest BCUT2D eigenvalue weighted by atomic mass is 32.2. The summed E-state index contributed by atoms with van der Waals surface area (Å²) in [7, 11) is -3.33. The third kappa shape index (κ3) is 4.55. The molecule has 114 valence electrons. The third-order valence-electron chi connectivity index (χ3n) is 3.67. The molecule has 1 fully saturated rings. The minimum atomic E-state index is -3.33. The fourth-order valence-electron chi connectivity index (χ4n) is 2.14. The van der Waals surface area contributed by atoms with Crippen molar-refractivity contribution in [1.82, 2.24) is 10.0 Å². The molecule has 20 heavy (non-hydrogen) atoms. The summed E-state index contributed by atoms with van der Waals surface area (Å²) in [6, 6.07) is 1.78. The third-order valence-corrected chi connectivity index (χ3v) is 6.58. The Morgan fingerprint density at radius 3 is 2.85 bits per heavy atom. The fraction of sp³-hybridized carbons (Fsp3) is 0.714. The number of sulfonamides is 1. The predicted octanol–water partition coefficient (Wildman–Crippen LogP) is 2.57. The van der Waals surface area contributed by atoms with E-state index >= 15 is 0 Å². The molecule has 0 aliphatic heterocycles. The van der Waals surface area contributed by atoms with Gasteiger partial charge in [-0.05, 0) is 54.7 Å². The molecule has 1 atom stereocenters. The molecule has 1 saturated carbocycles. The Labute approximate surface area is 126 Å². The van der Waals surface area contributed by atoms with Gasteiger partial charge in [-0.25, -0.2) is 13.1 Å². The van der Waals surface area contributed by atoms with Gasteiger partial charge in [0.2, 0.25) is 10.0 Å². The minimum absolute atomic E-state index is 0.425. The highest BCUT2D eigenvalue weighted by Crippen LogP contribution is 2.36. The monoisotopic (exact) mass is 316 g/mol. The van der Waals surface area contributed by atoms with Crippen molar-refractivity contribution in [2.45, 2.75) is 43.9 Å². The van der Waals surface area contributed by atoms with E-state index in [0.29, 0.717) is 16.7 Å². The molecule has 2 rings (SSSR count). The zero-order valence-electron chi connectivity index (χ0n) is 12.2. The maximum atomic E-state index is 12.2. The highest BCUT2D eigenvalue weighted by molar-refractivity contribution is 7.91. The van der Waals surface area contributed by atoms with Gasteiger partial charge in [-0.15, -0.1) is 11.3 Å². The van der Waals surface area contributed by atoms with Gasteiger partial charge in [-0.2, -0.15) is 0 Å². The highest BCUT2D eigenvalue weighted by Gasteiger charge is 2.29. The Morgan fingerprint density at radius 1 is 1.45 bits per heavy atom. The van der Waals surface area contributed by atoms with Gasteiger partial charge in [0.05, 0.1) is 0 Å². The Kier molecular flexibility index (Phi) is 5.60. The van der Waals surface area contributed by atoms with Gasteiger partial charge in [0.15, 0.2) is 0 Å². The van der Waals surface area contributed by atoms with Gasteiger partial charge < -0.3 is 5.32 Å². The molecule has 0 amide bonds. The number of nitrogens with one attached hydrogen (secondary N) is 2. The van der Waals surface area contributed by atoms with E-state index in [0.717, 1.165) is 31.0 Å². The number of hydrogen-bond donors (Lipinski definition) is 2. The van der Waals surface area contributed by atoms with Gasteiger partial charge in [0.1, 0.15) is 4.21 Å². The smallest absolute Gasteiger partial charge is 0.250 e. The van der Waals surface area contributed by atoms with Crippen LogP contribution in [0.25, 0.3) is 0 Å². The van der Waals surface area contributed by atoms with Crippen LogP contribution in [0.5, 0.6) is 0 Å². The second-order valence-corrected chi connectivity index (χ2v) is 8.52. The molecule has 1 aromatic heterocycles. The van der Waals surface area contributed by atoms with Crippen molar-refractivity contribution in [2.75, 3.05) is 13.1 Å². The van der Waals surface area contributed by atoms with Crippen molar-refractivity contribution in [3.63, 3.8) is 0 Å². The molecule has 0 radical (unpaired) electrons. The van der Waals surface area contributed by atoms with Crippen molar-refractivity contribution in [2.24, 2.45) is 11.8 Å². The number of rotatable bonds is 9. The maximum absolute atomic E-state index is 12.2. The lowest BCUT2D eigenvalue weighted by molar-refractivity contribution is 0.492. The van der Waals surface area contributed by atoms with Crippen molar-refractivity contribution in [3.05, 3.63) is 17.0 Å². The Balaban J connectivity index is 1.87. The van der Waals surface area contributed by atoms with Crippen LogP contribution in [0.1, 0.15) is 38.7 Å². The van der Waals surface area contributed by atoms with Crippen LogP contribution < -0.4 is 10.0 Å². The summed E-state index contributed by atoms with van der Waals surface area (Å²) in [5.41, 5.74) is 1.04. The van der Waals surface area contributed by atoms with E-state index in [1.165, 1.54) is 24.2 Å². The predicted molar refractivity (Wildman–Crippen MR) is 83.4 cm³/mol. The van der Waals surface area contributed by atoms with Crippen LogP contribution in [0.4, 0.5) is 0 Å². The van der Waals surface area contributed by atoms with Gasteiger partial charge in [0.25, 0.3) is 0 Å². The zero-order valence-corrected chi connectivity index (χ0v) is 13.8. The molecular formula is C14H24N2O2S2. The molecule has 0 bridgehead atoms.